The number of likely N-dealkylation sites (N-methyl/N-ethyl adjacent to an activating group) is 1. The standard InChI is InChI=1S/C20H29N3O3/c1-2-21-20(25)13-26-18-5-3-4-14(10-18)12-22-19(24)11-15-8-16-6-7-17(9-15)23-16/h3-5,10,15-17,23H,2,6-9,11-13H2,1H3,(H,21,25)(H,22,24). The topological polar surface area (TPSA) is 79.5 Å². The van der Waals surface area contributed by atoms with Crippen LogP contribution in [0.25, 0.3) is 0 Å². The van der Waals surface area contributed by atoms with Crippen LogP contribution in [0.4, 0.5) is 0 Å². The molecule has 2 bridgehead atoms. The van der Waals surface area contributed by atoms with E-state index in [1.54, 1.807) is 0 Å². The summed E-state index contributed by atoms with van der Waals surface area (Å²) >= 11 is 0. The van der Waals surface area contributed by atoms with Gasteiger partial charge in [-0.05, 0) is 56.2 Å². The van der Waals surface area contributed by atoms with E-state index < -0.39 is 0 Å². The van der Waals surface area contributed by atoms with Crippen molar-refractivity contribution >= 4 is 11.8 Å². The molecule has 0 aliphatic carbocycles. The molecule has 2 unspecified atom stereocenters. The van der Waals surface area contributed by atoms with Gasteiger partial charge in [-0.2, -0.15) is 0 Å². The lowest BCUT2D eigenvalue weighted by molar-refractivity contribution is -0.123. The van der Waals surface area contributed by atoms with Crippen molar-refractivity contribution in [1.82, 2.24) is 16.0 Å². The first kappa shape index (κ1) is 18.7. The van der Waals surface area contributed by atoms with E-state index in [4.69, 9.17) is 4.74 Å². The predicted molar refractivity (Wildman–Crippen MR) is 99.8 cm³/mol. The first-order valence-corrected chi connectivity index (χ1v) is 9.63. The number of ether oxygens (including phenoxy) is 1. The molecule has 2 aliphatic heterocycles. The Morgan fingerprint density at radius 2 is 1.92 bits per heavy atom. The number of benzene rings is 1. The summed E-state index contributed by atoms with van der Waals surface area (Å²) in [4.78, 5) is 23.7. The molecule has 0 spiro atoms. The van der Waals surface area contributed by atoms with Gasteiger partial charge in [0.05, 0.1) is 0 Å². The van der Waals surface area contributed by atoms with Crippen LogP contribution in [-0.4, -0.2) is 37.0 Å². The maximum absolute atomic E-state index is 12.3. The monoisotopic (exact) mass is 359 g/mol. The van der Waals surface area contributed by atoms with Crippen LogP contribution in [0, 0.1) is 5.92 Å². The highest BCUT2D eigenvalue weighted by atomic mass is 16.5. The Morgan fingerprint density at radius 1 is 1.15 bits per heavy atom. The molecule has 2 saturated heterocycles. The van der Waals surface area contributed by atoms with Gasteiger partial charge < -0.3 is 20.7 Å². The maximum Gasteiger partial charge on any atom is 0.257 e. The van der Waals surface area contributed by atoms with E-state index in [-0.39, 0.29) is 18.4 Å². The normalized spacial score (nSPS) is 24.1. The molecule has 2 heterocycles. The van der Waals surface area contributed by atoms with Crippen LogP contribution in [0.15, 0.2) is 24.3 Å². The summed E-state index contributed by atoms with van der Waals surface area (Å²) in [5.74, 6) is 1.12. The number of rotatable bonds is 8. The summed E-state index contributed by atoms with van der Waals surface area (Å²) in [6.45, 7) is 2.94. The maximum atomic E-state index is 12.3. The molecule has 3 N–H and O–H groups in total. The van der Waals surface area contributed by atoms with Crippen LogP contribution >= 0.6 is 0 Å². The summed E-state index contributed by atoms with van der Waals surface area (Å²) in [6, 6.07) is 8.73. The number of hydrogen-bond donors (Lipinski definition) is 3. The van der Waals surface area contributed by atoms with Crippen molar-refractivity contribution in [3.63, 3.8) is 0 Å². The minimum Gasteiger partial charge on any atom is -0.484 e. The van der Waals surface area contributed by atoms with E-state index in [0.717, 1.165) is 18.4 Å². The molecule has 6 nitrogen and oxygen atoms in total. The lowest BCUT2D eigenvalue weighted by Crippen LogP contribution is -2.39. The number of fused-ring (bicyclic) bond motifs is 2. The number of hydrogen-bond acceptors (Lipinski definition) is 4. The van der Waals surface area contributed by atoms with Gasteiger partial charge in [-0.15, -0.1) is 0 Å². The van der Waals surface area contributed by atoms with Crippen LogP contribution in [0.3, 0.4) is 0 Å². The summed E-state index contributed by atoms with van der Waals surface area (Å²) in [6.07, 6.45) is 5.36. The van der Waals surface area contributed by atoms with E-state index in [0.29, 0.717) is 43.3 Å². The smallest absolute Gasteiger partial charge is 0.257 e. The third kappa shape index (κ3) is 5.46. The van der Waals surface area contributed by atoms with Crippen LogP contribution in [0.1, 0.15) is 44.6 Å². The summed E-state index contributed by atoms with van der Waals surface area (Å²) < 4.78 is 5.49. The molecule has 3 rings (SSSR count). The fraction of sp³-hybridized carbons (Fsp3) is 0.600. The first-order chi connectivity index (χ1) is 12.6. The summed E-state index contributed by atoms with van der Waals surface area (Å²) in [5, 5.41) is 9.32. The van der Waals surface area contributed by atoms with Crippen molar-refractivity contribution in [2.75, 3.05) is 13.2 Å². The van der Waals surface area contributed by atoms with E-state index in [1.165, 1.54) is 12.8 Å². The van der Waals surface area contributed by atoms with Crippen molar-refractivity contribution in [1.29, 1.82) is 0 Å². The van der Waals surface area contributed by atoms with Gasteiger partial charge >= 0.3 is 0 Å². The summed E-state index contributed by atoms with van der Waals surface area (Å²) in [7, 11) is 0. The zero-order valence-corrected chi connectivity index (χ0v) is 15.4. The molecule has 2 amide bonds. The molecule has 6 heteroatoms. The fourth-order valence-corrected chi connectivity index (χ4v) is 4.02. The quantitative estimate of drug-likeness (QED) is 0.661. The van der Waals surface area contributed by atoms with Gasteiger partial charge in [-0.3, -0.25) is 9.59 Å². The van der Waals surface area contributed by atoms with Gasteiger partial charge in [-0.1, -0.05) is 12.1 Å². The number of piperidine rings is 1. The number of nitrogens with one attached hydrogen (secondary N) is 3. The second-order valence-corrected chi connectivity index (χ2v) is 7.35. The Bertz CT molecular complexity index is 622. The largest absolute Gasteiger partial charge is 0.484 e. The molecule has 0 aromatic heterocycles. The van der Waals surface area contributed by atoms with Crippen molar-refractivity contribution in [3.05, 3.63) is 29.8 Å². The molecular formula is C20H29N3O3. The highest BCUT2D eigenvalue weighted by Crippen LogP contribution is 2.32. The van der Waals surface area contributed by atoms with E-state index >= 15 is 0 Å². The van der Waals surface area contributed by atoms with Crippen LogP contribution in [0.2, 0.25) is 0 Å². The zero-order valence-electron chi connectivity index (χ0n) is 15.4. The number of carbonyl (C=O) groups is 2. The Hall–Kier alpha value is -2.08. The van der Waals surface area contributed by atoms with Gasteiger partial charge in [0.25, 0.3) is 5.91 Å². The van der Waals surface area contributed by atoms with Crippen molar-refractivity contribution < 1.29 is 14.3 Å². The van der Waals surface area contributed by atoms with Gasteiger partial charge in [0.1, 0.15) is 5.75 Å². The second-order valence-electron chi connectivity index (χ2n) is 7.35. The molecule has 1 aromatic carbocycles. The lowest BCUT2D eigenvalue weighted by atomic mass is 9.89. The van der Waals surface area contributed by atoms with Gasteiger partial charge in [-0.25, -0.2) is 0 Å². The molecular weight excluding hydrogens is 330 g/mol. The average Bonchev–Trinajstić information content (AvgIpc) is 2.97. The molecule has 1 aromatic rings. The minimum atomic E-state index is -0.137. The molecule has 2 atom stereocenters. The molecule has 2 aliphatic rings. The first-order valence-electron chi connectivity index (χ1n) is 9.63. The molecule has 2 fully saturated rings. The van der Waals surface area contributed by atoms with Gasteiger partial charge in [0.2, 0.25) is 5.91 Å². The minimum absolute atomic E-state index is 0.00169. The van der Waals surface area contributed by atoms with Gasteiger partial charge in [0.15, 0.2) is 6.61 Å². The Labute approximate surface area is 155 Å². The number of carbonyl (C=O) groups excluding carboxylic acids is 2. The molecule has 0 radical (unpaired) electrons. The summed E-state index contributed by atoms with van der Waals surface area (Å²) in [5.41, 5.74) is 0.970. The predicted octanol–water partition coefficient (Wildman–Crippen LogP) is 1.74. The van der Waals surface area contributed by atoms with E-state index in [2.05, 4.69) is 16.0 Å². The van der Waals surface area contributed by atoms with Crippen molar-refractivity contribution in [3.8, 4) is 5.75 Å². The van der Waals surface area contributed by atoms with Crippen LogP contribution in [0.5, 0.6) is 5.75 Å². The SMILES string of the molecule is CCNC(=O)COc1cccc(CNC(=O)CC2CC3CCC(C2)N3)c1. The molecule has 26 heavy (non-hydrogen) atoms. The Morgan fingerprint density at radius 3 is 2.65 bits per heavy atom. The van der Waals surface area contributed by atoms with Crippen molar-refractivity contribution in [2.45, 2.75) is 57.7 Å². The molecule has 0 saturated carbocycles. The van der Waals surface area contributed by atoms with E-state index in [1.807, 2.05) is 31.2 Å². The third-order valence-corrected chi connectivity index (χ3v) is 5.18. The second kappa shape index (κ2) is 9.03. The lowest BCUT2D eigenvalue weighted by Gasteiger charge is -2.28. The third-order valence-electron chi connectivity index (χ3n) is 5.18. The van der Waals surface area contributed by atoms with Crippen molar-refractivity contribution in [2.24, 2.45) is 5.92 Å². The highest BCUT2D eigenvalue weighted by Gasteiger charge is 2.34. The highest BCUT2D eigenvalue weighted by molar-refractivity contribution is 5.77. The number of amides is 2. The molecule has 142 valence electrons. The zero-order chi connectivity index (χ0) is 18.4. The fourth-order valence-electron chi connectivity index (χ4n) is 4.02. The Kier molecular flexibility index (Phi) is 6.50. The van der Waals surface area contributed by atoms with E-state index in [9.17, 15) is 9.59 Å². The van der Waals surface area contributed by atoms with Gasteiger partial charge in [0, 0.05) is 31.6 Å². The average molecular weight is 359 g/mol. The Balaban J connectivity index is 1.41. The van der Waals surface area contributed by atoms with Crippen LogP contribution in [-0.2, 0) is 16.1 Å². The van der Waals surface area contributed by atoms with Crippen LogP contribution < -0.4 is 20.7 Å².